The summed E-state index contributed by atoms with van der Waals surface area (Å²) in [6, 6.07) is 3.15. The van der Waals surface area contributed by atoms with E-state index in [1.54, 1.807) is 12.1 Å². The van der Waals surface area contributed by atoms with Crippen LogP contribution in [0.2, 0.25) is 0 Å². The lowest BCUT2D eigenvalue weighted by Gasteiger charge is -2.05. The number of rotatable bonds is 4. The zero-order valence-electron chi connectivity index (χ0n) is 6.90. The molecule has 0 fully saturated rings. The number of primary amides is 1. The Labute approximate surface area is 75.2 Å². The normalized spacial score (nSPS) is 9.62. The third-order valence-electron chi connectivity index (χ3n) is 1.34. The number of amides is 1. The molecule has 0 aromatic carbocycles. The van der Waals surface area contributed by atoms with Crippen LogP contribution >= 0.6 is 0 Å². The summed E-state index contributed by atoms with van der Waals surface area (Å²) in [6.07, 6.45) is 1.43. The van der Waals surface area contributed by atoms with Crippen LogP contribution in [0, 0.1) is 0 Å². The van der Waals surface area contributed by atoms with E-state index in [-0.39, 0.29) is 24.7 Å². The van der Waals surface area contributed by atoms with Gasteiger partial charge in [-0.25, -0.2) is 10.1 Å². The van der Waals surface area contributed by atoms with Crippen molar-refractivity contribution in [3.63, 3.8) is 0 Å². The molecule has 2 N–H and O–H groups in total. The van der Waals surface area contributed by atoms with Crippen LogP contribution < -0.4 is 10.5 Å². The quantitative estimate of drug-likeness (QED) is 0.708. The third kappa shape index (κ3) is 2.41. The molecule has 1 rings (SSSR count). The van der Waals surface area contributed by atoms with Crippen molar-refractivity contribution in [3.8, 4) is 5.75 Å². The summed E-state index contributed by atoms with van der Waals surface area (Å²) in [5, 5.41) is 10.1. The van der Waals surface area contributed by atoms with Gasteiger partial charge >= 0.3 is 0 Å². The molecule has 5 heteroatoms. The average molecular weight is 181 g/mol. The fraction of sp³-hybridized carbons (Fsp3) is 0.250. The van der Waals surface area contributed by atoms with Crippen molar-refractivity contribution in [2.45, 2.75) is 0 Å². The van der Waals surface area contributed by atoms with E-state index in [1.165, 1.54) is 6.20 Å². The minimum absolute atomic E-state index is 0.00593. The summed E-state index contributed by atoms with van der Waals surface area (Å²) < 4.78 is 4.97. The first-order chi connectivity index (χ1) is 6.25. The number of aromatic nitrogens is 1. The summed E-state index contributed by atoms with van der Waals surface area (Å²) in [6.45, 7) is -0.362. The van der Waals surface area contributed by atoms with Crippen LogP contribution in [0.15, 0.2) is 18.3 Å². The summed E-state index contributed by atoms with van der Waals surface area (Å²) in [5.74, 6) is -0.410. The maximum Gasteiger partial charge on any atom is 0.271 e. The average Bonchev–Trinajstić information content (AvgIpc) is 2.15. The van der Waals surface area contributed by atoms with Gasteiger partial charge in [-0.15, -0.1) is 0 Å². The van der Waals surface area contributed by atoms with Crippen molar-refractivity contribution < 1.29 is 14.6 Å². The van der Waals surface area contributed by atoms with Gasteiger partial charge in [0.15, 0.2) is 11.4 Å². The second kappa shape index (κ2) is 4.42. The van der Waals surface area contributed by atoms with Gasteiger partial charge in [-0.1, -0.05) is 0 Å². The molecule has 69 valence electrons. The zero-order valence-corrected chi connectivity index (χ0v) is 6.90. The van der Waals surface area contributed by atoms with E-state index in [0.29, 0.717) is 0 Å². The maximum absolute atomic E-state index is 10.8. The van der Waals surface area contributed by atoms with E-state index in [4.69, 9.17) is 10.5 Å². The molecule has 0 spiro atoms. The SMILES string of the molecule is NC(=O)c1ncccc1OCC[O]. The molecular formula is C8H9N2O3. The molecule has 5 nitrogen and oxygen atoms in total. The summed E-state index contributed by atoms with van der Waals surface area (Å²) >= 11 is 0. The summed E-state index contributed by atoms with van der Waals surface area (Å²) in [5.41, 5.74) is 5.08. The van der Waals surface area contributed by atoms with Crippen molar-refractivity contribution in [3.05, 3.63) is 24.0 Å². The molecule has 1 heterocycles. The maximum atomic E-state index is 10.8. The number of ether oxygens (including phenoxy) is 1. The molecule has 0 aliphatic rings. The van der Waals surface area contributed by atoms with Gasteiger partial charge in [-0.3, -0.25) is 4.79 Å². The lowest BCUT2D eigenvalue weighted by molar-refractivity contribution is 0.0984. The van der Waals surface area contributed by atoms with Crippen molar-refractivity contribution in [1.29, 1.82) is 0 Å². The number of pyridine rings is 1. The first-order valence-corrected chi connectivity index (χ1v) is 3.71. The lowest BCUT2D eigenvalue weighted by atomic mass is 10.3. The molecule has 1 aromatic rings. The Hall–Kier alpha value is -1.62. The number of hydrogen-bond acceptors (Lipinski definition) is 3. The monoisotopic (exact) mass is 181 g/mol. The first-order valence-electron chi connectivity index (χ1n) is 3.71. The van der Waals surface area contributed by atoms with Gasteiger partial charge in [-0.2, -0.15) is 0 Å². The standard InChI is InChI=1S/C8H9N2O3/c9-8(12)7-6(13-5-4-11)2-1-3-10-7/h1-3H,4-5H2,(H2,9,12). The van der Waals surface area contributed by atoms with Crippen LogP contribution in [0.3, 0.4) is 0 Å². The first kappa shape index (κ1) is 9.47. The predicted molar refractivity (Wildman–Crippen MR) is 43.8 cm³/mol. The van der Waals surface area contributed by atoms with Crippen LogP contribution in [0.25, 0.3) is 0 Å². The number of nitrogens with zero attached hydrogens (tertiary/aromatic N) is 1. The molecule has 0 aliphatic heterocycles. The zero-order chi connectivity index (χ0) is 9.68. The van der Waals surface area contributed by atoms with Gasteiger partial charge in [-0.05, 0) is 12.1 Å². The molecule has 0 unspecified atom stereocenters. The number of nitrogens with two attached hydrogens (primary N) is 1. The van der Waals surface area contributed by atoms with E-state index in [9.17, 15) is 9.90 Å². The molecule has 0 aliphatic carbocycles. The van der Waals surface area contributed by atoms with Crippen LogP contribution in [-0.4, -0.2) is 24.1 Å². The molecular weight excluding hydrogens is 172 g/mol. The van der Waals surface area contributed by atoms with Gasteiger partial charge in [0.05, 0.1) is 0 Å². The Balaban J connectivity index is 2.84. The number of carbonyl (C=O) groups is 1. The molecule has 0 bridgehead atoms. The Morgan fingerprint density at radius 2 is 2.38 bits per heavy atom. The van der Waals surface area contributed by atoms with Crippen molar-refractivity contribution in [1.82, 2.24) is 4.98 Å². The summed E-state index contributed by atoms with van der Waals surface area (Å²) in [4.78, 5) is 14.5. The molecule has 1 amide bonds. The lowest BCUT2D eigenvalue weighted by Crippen LogP contribution is -2.15. The van der Waals surface area contributed by atoms with Crippen molar-refractivity contribution >= 4 is 5.91 Å². The minimum Gasteiger partial charge on any atom is -0.489 e. The Kier molecular flexibility index (Phi) is 3.22. The van der Waals surface area contributed by atoms with Crippen LogP contribution in [-0.2, 0) is 5.11 Å². The van der Waals surface area contributed by atoms with E-state index in [2.05, 4.69) is 4.98 Å². The highest BCUT2D eigenvalue weighted by Crippen LogP contribution is 2.13. The highest BCUT2D eigenvalue weighted by atomic mass is 16.5. The van der Waals surface area contributed by atoms with E-state index in [0.717, 1.165) is 0 Å². The Morgan fingerprint density at radius 3 is 3.00 bits per heavy atom. The van der Waals surface area contributed by atoms with E-state index < -0.39 is 5.91 Å². The minimum atomic E-state index is -0.665. The molecule has 1 radical (unpaired) electrons. The molecule has 1 aromatic heterocycles. The van der Waals surface area contributed by atoms with Gasteiger partial charge < -0.3 is 10.5 Å². The van der Waals surface area contributed by atoms with Gasteiger partial charge in [0.2, 0.25) is 0 Å². The highest BCUT2D eigenvalue weighted by Gasteiger charge is 2.09. The van der Waals surface area contributed by atoms with E-state index in [1.807, 2.05) is 0 Å². The topological polar surface area (TPSA) is 85.1 Å². The second-order valence-corrected chi connectivity index (χ2v) is 2.27. The second-order valence-electron chi connectivity index (χ2n) is 2.27. The largest absolute Gasteiger partial charge is 0.489 e. The molecule has 0 saturated heterocycles. The van der Waals surface area contributed by atoms with Gasteiger partial charge in [0.1, 0.15) is 13.2 Å². The fourth-order valence-corrected chi connectivity index (χ4v) is 0.844. The molecule has 0 saturated carbocycles. The number of carbonyl (C=O) groups excluding carboxylic acids is 1. The Bertz CT molecular complexity index is 301. The van der Waals surface area contributed by atoms with Gasteiger partial charge in [0.25, 0.3) is 5.91 Å². The smallest absolute Gasteiger partial charge is 0.271 e. The van der Waals surface area contributed by atoms with Crippen molar-refractivity contribution in [2.75, 3.05) is 13.2 Å². The van der Waals surface area contributed by atoms with Gasteiger partial charge in [0, 0.05) is 6.20 Å². The van der Waals surface area contributed by atoms with Crippen LogP contribution in [0.5, 0.6) is 5.75 Å². The van der Waals surface area contributed by atoms with Crippen LogP contribution in [0.4, 0.5) is 0 Å². The Morgan fingerprint density at radius 1 is 1.62 bits per heavy atom. The van der Waals surface area contributed by atoms with Crippen molar-refractivity contribution in [2.24, 2.45) is 5.73 Å². The predicted octanol–water partition coefficient (Wildman–Crippen LogP) is -0.0102. The summed E-state index contributed by atoms with van der Waals surface area (Å²) in [7, 11) is 0. The highest BCUT2D eigenvalue weighted by molar-refractivity contribution is 5.93. The van der Waals surface area contributed by atoms with E-state index >= 15 is 0 Å². The van der Waals surface area contributed by atoms with Crippen LogP contribution in [0.1, 0.15) is 10.5 Å². The fourth-order valence-electron chi connectivity index (χ4n) is 0.844. The third-order valence-corrected chi connectivity index (χ3v) is 1.34. The molecule has 13 heavy (non-hydrogen) atoms. The molecule has 0 atom stereocenters. The number of hydrogen-bond donors (Lipinski definition) is 1.